The van der Waals surface area contributed by atoms with E-state index in [0.29, 0.717) is 5.82 Å². The smallest absolute Gasteiger partial charge is 0.138 e. The van der Waals surface area contributed by atoms with Gasteiger partial charge < -0.3 is 9.29 Å². The highest BCUT2D eigenvalue weighted by Gasteiger charge is 2.08. The van der Waals surface area contributed by atoms with E-state index in [4.69, 9.17) is 4.74 Å². The highest BCUT2D eigenvalue weighted by atomic mass is 32.2. The molecule has 6 nitrogen and oxygen atoms in total. The summed E-state index contributed by atoms with van der Waals surface area (Å²) in [7, 11) is 1.62. The molecular weight excluding hydrogens is 302 g/mol. The first-order valence-corrected chi connectivity index (χ1v) is 7.49. The number of benzene rings is 1. The fourth-order valence-corrected chi connectivity index (χ4v) is 2.38. The minimum Gasteiger partial charge on any atom is -0.768 e. The van der Waals surface area contributed by atoms with E-state index in [0.717, 1.165) is 17.0 Å². The van der Waals surface area contributed by atoms with Gasteiger partial charge in [0.15, 0.2) is 0 Å². The summed E-state index contributed by atoms with van der Waals surface area (Å²) in [4.78, 5) is 8.46. The van der Waals surface area contributed by atoms with Crippen molar-refractivity contribution in [3.05, 3.63) is 55.1 Å². The maximum absolute atomic E-state index is 10.9. The van der Waals surface area contributed by atoms with Crippen molar-refractivity contribution < 1.29 is 13.5 Å². The van der Waals surface area contributed by atoms with E-state index in [1.165, 1.54) is 12.3 Å². The van der Waals surface area contributed by atoms with E-state index >= 15 is 0 Å². The van der Waals surface area contributed by atoms with Crippen molar-refractivity contribution in [2.45, 2.75) is 4.90 Å². The molecule has 112 valence electrons. The molecule has 0 aliphatic carbocycles. The topological polar surface area (TPSA) is 80.1 Å². The second-order valence-corrected chi connectivity index (χ2v) is 5.41. The molecule has 3 rings (SSSR count). The van der Waals surface area contributed by atoms with Gasteiger partial charge in [0.2, 0.25) is 0 Å². The number of pyridine rings is 1. The molecule has 0 aliphatic heterocycles. The summed E-state index contributed by atoms with van der Waals surface area (Å²) in [6.45, 7) is 0. The molecule has 0 saturated carbocycles. The van der Waals surface area contributed by atoms with Crippen molar-refractivity contribution in [2.75, 3.05) is 7.11 Å². The third kappa shape index (κ3) is 2.76. The number of rotatable bonds is 4. The van der Waals surface area contributed by atoms with Gasteiger partial charge in [-0.3, -0.25) is 8.78 Å². The lowest BCUT2D eigenvalue weighted by Gasteiger charge is -2.09. The van der Waals surface area contributed by atoms with Gasteiger partial charge in [0.25, 0.3) is 0 Å². The number of imidazole rings is 1. The van der Waals surface area contributed by atoms with Crippen molar-refractivity contribution in [2.24, 2.45) is 0 Å². The summed E-state index contributed by atoms with van der Waals surface area (Å²) in [5, 5.41) is 0. The summed E-state index contributed by atoms with van der Waals surface area (Å²) >= 11 is -2.28. The number of nitrogens with zero attached hydrogens (tertiary/aromatic N) is 3. The van der Waals surface area contributed by atoms with Gasteiger partial charge in [0, 0.05) is 16.7 Å². The fraction of sp³-hybridized carbons (Fsp3) is 0.0667. The molecule has 1 atom stereocenters. The first-order valence-electron chi connectivity index (χ1n) is 6.41. The fourth-order valence-electron chi connectivity index (χ4n) is 2.07. The van der Waals surface area contributed by atoms with Crippen LogP contribution in [0.25, 0.3) is 17.1 Å². The summed E-state index contributed by atoms with van der Waals surface area (Å²) in [5.74, 6) is 1.37. The summed E-state index contributed by atoms with van der Waals surface area (Å²) in [6.07, 6.45) is 4.68. The monoisotopic (exact) mass is 314 g/mol. The Balaban J connectivity index is 1.99. The zero-order valence-corrected chi connectivity index (χ0v) is 12.5. The van der Waals surface area contributed by atoms with Crippen LogP contribution >= 0.6 is 0 Å². The molecule has 0 aliphatic rings. The number of aromatic nitrogens is 3. The number of ether oxygens (including phenoxy) is 1. The first kappa shape index (κ1) is 14.4. The van der Waals surface area contributed by atoms with Gasteiger partial charge in [-0.05, 0) is 47.5 Å². The standard InChI is InChI=1S/C15H13N3O3S/c1-21-12-4-2-11(3-5-12)14-9-16-10-18(14)15-7-6-13(8-17-15)22(19)20/h2-10H,1H3,(H,19,20)/p-1. The minimum atomic E-state index is -2.28. The molecule has 0 fully saturated rings. The minimum absolute atomic E-state index is 0.148. The molecule has 22 heavy (non-hydrogen) atoms. The molecule has 7 heteroatoms. The van der Waals surface area contributed by atoms with Crippen molar-refractivity contribution in [3.8, 4) is 22.8 Å². The number of hydrogen-bond donors (Lipinski definition) is 0. The van der Waals surface area contributed by atoms with Gasteiger partial charge in [0.1, 0.15) is 17.9 Å². The van der Waals surface area contributed by atoms with Crippen LogP contribution in [0.1, 0.15) is 0 Å². The van der Waals surface area contributed by atoms with Crippen LogP contribution in [0.5, 0.6) is 5.75 Å². The molecule has 2 aromatic heterocycles. The van der Waals surface area contributed by atoms with Gasteiger partial charge in [0.05, 0.1) is 19.0 Å². The van der Waals surface area contributed by atoms with E-state index in [1.54, 1.807) is 30.3 Å². The number of hydrogen-bond acceptors (Lipinski definition) is 5. The maximum atomic E-state index is 10.9. The second kappa shape index (κ2) is 6.08. The average Bonchev–Trinajstić information content (AvgIpc) is 3.04. The van der Waals surface area contributed by atoms with Crippen molar-refractivity contribution in [1.82, 2.24) is 14.5 Å². The Kier molecular flexibility index (Phi) is 3.99. The predicted octanol–water partition coefficient (Wildman–Crippen LogP) is 2.18. The Labute approximate surface area is 129 Å². The van der Waals surface area contributed by atoms with Crippen LogP contribution in [0.2, 0.25) is 0 Å². The molecule has 0 amide bonds. The summed E-state index contributed by atoms with van der Waals surface area (Å²) in [6, 6.07) is 10.7. The summed E-state index contributed by atoms with van der Waals surface area (Å²) in [5.41, 5.74) is 1.81. The Bertz CT molecular complexity index is 798. The van der Waals surface area contributed by atoms with E-state index < -0.39 is 11.1 Å². The maximum Gasteiger partial charge on any atom is 0.138 e. The highest BCUT2D eigenvalue weighted by Crippen LogP contribution is 2.24. The average molecular weight is 314 g/mol. The zero-order chi connectivity index (χ0) is 15.5. The third-order valence-corrected chi connectivity index (χ3v) is 3.81. The lowest BCUT2D eigenvalue weighted by Crippen LogP contribution is -1.99. The Morgan fingerprint density at radius 3 is 2.50 bits per heavy atom. The van der Waals surface area contributed by atoms with E-state index in [-0.39, 0.29) is 4.90 Å². The van der Waals surface area contributed by atoms with Crippen molar-refractivity contribution in [1.29, 1.82) is 0 Å². The Morgan fingerprint density at radius 1 is 1.14 bits per heavy atom. The summed E-state index contributed by atoms with van der Waals surface area (Å²) < 4.78 is 28.7. The molecule has 0 spiro atoms. The molecular formula is C15H12N3O3S-. The first-order chi connectivity index (χ1) is 10.7. The Morgan fingerprint density at radius 2 is 1.91 bits per heavy atom. The van der Waals surface area contributed by atoms with Crippen LogP contribution in [-0.2, 0) is 11.1 Å². The van der Waals surface area contributed by atoms with E-state index in [9.17, 15) is 8.76 Å². The van der Waals surface area contributed by atoms with E-state index in [2.05, 4.69) is 9.97 Å². The van der Waals surface area contributed by atoms with E-state index in [1.807, 2.05) is 24.3 Å². The van der Waals surface area contributed by atoms with Crippen LogP contribution in [0.4, 0.5) is 0 Å². The number of methoxy groups -OCH3 is 1. The molecule has 0 bridgehead atoms. The molecule has 2 heterocycles. The van der Waals surface area contributed by atoms with Gasteiger partial charge >= 0.3 is 0 Å². The van der Waals surface area contributed by atoms with Crippen LogP contribution in [0.15, 0.2) is 60.0 Å². The molecule has 0 radical (unpaired) electrons. The van der Waals surface area contributed by atoms with Crippen LogP contribution in [0, 0.1) is 0 Å². The Hall–Kier alpha value is -2.51. The quantitative estimate of drug-likeness (QED) is 0.690. The molecule has 3 aromatic rings. The van der Waals surface area contributed by atoms with Gasteiger partial charge in [-0.1, -0.05) is 0 Å². The SMILES string of the molecule is COc1ccc(-c2cncn2-c2ccc(S(=O)[O-])cn2)cc1. The molecule has 1 unspecified atom stereocenters. The van der Waals surface area contributed by atoms with Gasteiger partial charge in [-0.15, -0.1) is 0 Å². The highest BCUT2D eigenvalue weighted by molar-refractivity contribution is 7.79. The van der Waals surface area contributed by atoms with Gasteiger partial charge in [-0.25, -0.2) is 9.97 Å². The predicted molar refractivity (Wildman–Crippen MR) is 80.5 cm³/mol. The van der Waals surface area contributed by atoms with Crippen molar-refractivity contribution >= 4 is 11.1 Å². The second-order valence-electron chi connectivity index (χ2n) is 4.46. The molecule has 0 N–H and O–H groups in total. The zero-order valence-electron chi connectivity index (χ0n) is 11.7. The largest absolute Gasteiger partial charge is 0.768 e. The lowest BCUT2D eigenvalue weighted by atomic mass is 10.1. The van der Waals surface area contributed by atoms with Gasteiger partial charge in [-0.2, -0.15) is 0 Å². The van der Waals surface area contributed by atoms with Crippen LogP contribution < -0.4 is 4.74 Å². The lowest BCUT2D eigenvalue weighted by molar-refractivity contribution is 0.415. The van der Waals surface area contributed by atoms with Crippen LogP contribution in [0.3, 0.4) is 0 Å². The third-order valence-electron chi connectivity index (χ3n) is 3.18. The molecule has 1 aromatic carbocycles. The van der Waals surface area contributed by atoms with Crippen molar-refractivity contribution in [3.63, 3.8) is 0 Å². The van der Waals surface area contributed by atoms with Crippen LogP contribution in [-0.4, -0.2) is 30.4 Å². The normalized spacial score (nSPS) is 12.1. The molecule has 0 saturated heterocycles.